The van der Waals surface area contributed by atoms with Crippen LogP contribution in [0, 0.1) is 5.92 Å². The highest BCUT2D eigenvalue weighted by atomic mass is 17.2. The molecule has 2 nitrogen and oxygen atoms in total. The molecule has 1 aliphatic heterocycles. The Morgan fingerprint density at radius 3 is 1.69 bits per heavy atom. The van der Waals surface area contributed by atoms with Crippen LogP contribution in [-0.4, -0.2) is 0 Å². The quantitative estimate of drug-likeness (QED) is 0.533. The predicted octanol–water partition coefficient (Wildman–Crippen LogP) is 3.56. The van der Waals surface area contributed by atoms with Gasteiger partial charge >= 0.3 is 0 Å². The van der Waals surface area contributed by atoms with Gasteiger partial charge < -0.3 is 0 Å². The number of rotatable bonds is 0. The summed E-state index contributed by atoms with van der Waals surface area (Å²) in [5, 5.41) is 0. The second-order valence-electron chi connectivity index (χ2n) is 3.59. The van der Waals surface area contributed by atoms with Gasteiger partial charge in [0.2, 0.25) is 0 Å². The smallest absolute Gasteiger partial charge is 0.142 e. The molecule has 0 atom stereocenters. The largest absolute Gasteiger partial charge is 0.299 e. The molecule has 0 aromatic carbocycles. The van der Waals surface area contributed by atoms with Gasteiger partial charge in [0.1, 0.15) is 12.5 Å². The molecule has 0 unspecified atom stereocenters. The van der Waals surface area contributed by atoms with Crippen molar-refractivity contribution >= 4 is 0 Å². The molecule has 0 saturated heterocycles. The lowest BCUT2D eigenvalue weighted by Gasteiger charge is -2.15. The van der Waals surface area contributed by atoms with Crippen molar-refractivity contribution in [3.8, 4) is 0 Å². The molecule has 2 aliphatic rings. The monoisotopic (exact) mass is 182 g/mol. The lowest BCUT2D eigenvalue weighted by atomic mass is 9.91. The second-order valence-corrected chi connectivity index (χ2v) is 3.59. The number of allylic oxidation sites excluding steroid dienone is 2. The van der Waals surface area contributed by atoms with Gasteiger partial charge in [0.25, 0.3) is 0 Å². The van der Waals surface area contributed by atoms with E-state index in [1.807, 2.05) is 0 Å². The van der Waals surface area contributed by atoms with Gasteiger partial charge in [0.15, 0.2) is 0 Å². The molecule has 0 N–H and O–H groups in total. The van der Waals surface area contributed by atoms with Crippen LogP contribution in [0.25, 0.3) is 0 Å². The van der Waals surface area contributed by atoms with Crippen LogP contribution in [0.5, 0.6) is 0 Å². The molecule has 1 fully saturated rings. The van der Waals surface area contributed by atoms with E-state index in [9.17, 15) is 0 Å². The third-order valence-electron chi connectivity index (χ3n) is 2.33. The second kappa shape index (κ2) is 6.58. The Hall–Kier alpha value is -0.920. The molecule has 1 heterocycles. The van der Waals surface area contributed by atoms with Crippen molar-refractivity contribution in [1.82, 2.24) is 0 Å². The summed E-state index contributed by atoms with van der Waals surface area (Å²) >= 11 is 0. The zero-order valence-electron chi connectivity index (χ0n) is 8.24. The third-order valence-corrected chi connectivity index (χ3v) is 2.33. The van der Waals surface area contributed by atoms with Gasteiger partial charge in [0, 0.05) is 0 Å². The summed E-state index contributed by atoms with van der Waals surface area (Å²) in [4.78, 5) is 8.60. The van der Waals surface area contributed by atoms with Gasteiger partial charge in [-0.15, -0.1) is 0 Å². The van der Waals surface area contributed by atoms with Crippen molar-refractivity contribution in [3.05, 3.63) is 24.7 Å². The first-order chi connectivity index (χ1) is 6.39. The van der Waals surface area contributed by atoms with Crippen molar-refractivity contribution in [1.29, 1.82) is 0 Å². The molecule has 0 amide bonds. The third kappa shape index (κ3) is 5.34. The van der Waals surface area contributed by atoms with E-state index < -0.39 is 0 Å². The van der Waals surface area contributed by atoms with Crippen LogP contribution in [0.15, 0.2) is 24.7 Å². The highest BCUT2D eigenvalue weighted by Crippen LogP contribution is 2.22. The van der Waals surface area contributed by atoms with Crippen molar-refractivity contribution in [2.45, 2.75) is 39.0 Å². The Morgan fingerprint density at radius 2 is 1.46 bits per heavy atom. The van der Waals surface area contributed by atoms with Crippen molar-refractivity contribution in [2.24, 2.45) is 5.92 Å². The fourth-order valence-corrected chi connectivity index (χ4v) is 1.53. The summed E-state index contributed by atoms with van der Waals surface area (Å²) in [6.45, 7) is 2.36. The van der Waals surface area contributed by atoms with Crippen LogP contribution in [0.3, 0.4) is 0 Å². The summed E-state index contributed by atoms with van der Waals surface area (Å²) in [6.07, 6.45) is 13.8. The summed E-state index contributed by atoms with van der Waals surface area (Å²) < 4.78 is 0. The zero-order valence-corrected chi connectivity index (χ0v) is 8.24. The molecule has 1 aliphatic carbocycles. The molecule has 0 aromatic rings. The lowest BCUT2D eigenvalue weighted by molar-refractivity contribution is -0.198. The maximum atomic E-state index is 4.30. The first-order valence-electron chi connectivity index (χ1n) is 5.03. The Balaban J connectivity index is 0.000000132. The Labute approximate surface area is 80.2 Å². The van der Waals surface area contributed by atoms with Crippen LogP contribution < -0.4 is 0 Å². The Morgan fingerprint density at radius 1 is 0.923 bits per heavy atom. The summed E-state index contributed by atoms with van der Waals surface area (Å²) in [7, 11) is 0. The number of hydrogen-bond donors (Lipinski definition) is 0. The van der Waals surface area contributed by atoms with E-state index in [4.69, 9.17) is 0 Å². The van der Waals surface area contributed by atoms with Crippen LogP contribution in [0.1, 0.15) is 39.0 Å². The Kier molecular flexibility index (Phi) is 5.14. The first-order valence-corrected chi connectivity index (χ1v) is 5.03. The van der Waals surface area contributed by atoms with Gasteiger partial charge in [-0.3, -0.25) is 9.78 Å². The molecule has 0 aromatic heterocycles. The normalized spacial score (nSPS) is 21.0. The highest BCUT2D eigenvalue weighted by molar-refractivity contribution is 4.97. The van der Waals surface area contributed by atoms with Crippen LogP contribution in [0.2, 0.25) is 0 Å². The molecule has 1 saturated carbocycles. The zero-order chi connectivity index (χ0) is 9.36. The minimum Gasteiger partial charge on any atom is -0.299 e. The fraction of sp³-hybridized carbons (Fsp3) is 0.636. The highest BCUT2D eigenvalue weighted by Gasteiger charge is 2.05. The molecule has 0 radical (unpaired) electrons. The molecular weight excluding hydrogens is 164 g/mol. The lowest BCUT2D eigenvalue weighted by Crippen LogP contribution is -1.99. The maximum absolute atomic E-state index is 4.30. The Bertz CT molecular complexity index is 155. The van der Waals surface area contributed by atoms with Crippen LogP contribution in [0.4, 0.5) is 0 Å². The maximum Gasteiger partial charge on any atom is 0.142 e. The molecule has 2 rings (SSSR count). The van der Waals surface area contributed by atoms with E-state index in [1.54, 1.807) is 12.2 Å². The number of hydrogen-bond acceptors (Lipinski definition) is 2. The van der Waals surface area contributed by atoms with Gasteiger partial charge in [-0.2, -0.15) is 0 Å². The minimum absolute atomic E-state index is 1.04. The van der Waals surface area contributed by atoms with Crippen molar-refractivity contribution < 1.29 is 9.78 Å². The van der Waals surface area contributed by atoms with Crippen molar-refractivity contribution in [2.75, 3.05) is 0 Å². The topological polar surface area (TPSA) is 18.5 Å². The van der Waals surface area contributed by atoms with Gasteiger partial charge in [-0.25, -0.2) is 0 Å². The average Bonchev–Trinajstić information content (AvgIpc) is 2.22. The fourth-order valence-electron chi connectivity index (χ4n) is 1.53. The molecule has 74 valence electrons. The van der Waals surface area contributed by atoms with Crippen LogP contribution >= 0.6 is 0 Å². The molecule has 0 bridgehead atoms. The van der Waals surface area contributed by atoms with Gasteiger partial charge in [0.05, 0.1) is 0 Å². The van der Waals surface area contributed by atoms with E-state index in [0.717, 1.165) is 5.92 Å². The summed E-state index contributed by atoms with van der Waals surface area (Å²) in [5.41, 5.74) is 0. The average molecular weight is 182 g/mol. The van der Waals surface area contributed by atoms with Gasteiger partial charge in [-0.1, -0.05) is 39.0 Å². The van der Waals surface area contributed by atoms with E-state index in [2.05, 4.69) is 16.7 Å². The molecule has 13 heavy (non-hydrogen) atoms. The van der Waals surface area contributed by atoms with E-state index in [-0.39, 0.29) is 0 Å². The van der Waals surface area contributed by atoms with E-state index >= 15 is 0 Å². The molecular formula is C11H18O2. The van der Waals surface area contributed by atoms with Gasteiger partial charge in [-0.05, 0) is 18.1 Å². The standard InChI is InChI=1S/C7H14.C4H4O2/c1-7-5-3-2-4-6-7;1-2-4-6-5-3-1/h7H,2-6H2,1H3;1-4H. The predicted molar refractivity (Wildman–Crippen MR) is 52.7 cm³/mol. The summed E-state index contributed by atoms with van der Waals surface area (Å²) in [6, 6.07) is 0. The first kappa shape index (κ1) is 10.2. The van der Waals surface area contributed by atoms with Crippen molar-refractivity contribution in [3.63, 3.8) is 0 Å². The van der Waals surface area contributed by atoms with Crippen LogP contribution in [-0.2, 0) is 9.78 Å². The minimum atomic E-state index is 1.04. The van der Waals surface area contributed by atoms with E-state index in [1.165, 1.54) is 44.6 Å². The van der Waals surface area contributed by atoms with E-state index in [0.29, 0.717) is 0 Å². The SMILES string of the molecule is C1=COOC=C1.CC1CCCCC1. The molecule has 2 heteroatoms. The summed E-state index contributed by atoms with van der Waals surface area (Å²) in [5.74, 6) is 1.04. The molecule has 0 spiro atoms.